The first-order valence-electron chi connectivity index (χ1n) is 9.01. The summed E-state index contributed by atoms with van der Waals surface area (Å²) < 4.78 is 11.0. The highest BCUT2D eigenvalue weighted by Crippen LogP contribution is 2.46. The van der Waals surface area contributed by atoms with Gasteiger partial charge in [0.2, 0.25) is 6.79 Å². The van der Waals surface area contributed by atoms with Crippen LogP contribution in [0.2, 0.25) is 0 Å². The van der Waals surface area contributed by atoms with Crippen molar-refractivity contribution in [3.63, 3.8) is 0 Å². The highest BCUT2D eigenvalue weighted by atomic mass is 16.7. The van der Waals surface area contributed by atoms with Crippen LogP contribution in [0.1, 0.15) is 36.3 Å². The SMILES string of the molecule is O=C1CCC2C(c3ccc4c(c3)OCO4)CC1N2Cc1ccccc1. The zero-order valence-electron chi connectivity index (χ0n) is 14.1. The van der Waals surface area contributed by atoms with Gasteiger partial charge in [0.15, 0.2) is 11.5 Å². The second kappa shape index (κ2) is 5.88. The third-order valence-electron chi connectivity index (χ3n) is 5.86. The Labute approximate surface area is 147 Å². The van der Waals surface area contributed by atoms with Crippen LogP contribution >= 0.6 is 0 Å². The molecule has 3 heterocycles. The number of ketones is 1. The van der Waals surface area contributed by atoms with E-state index in [2.05, 4.69) is 41.3 Å². The van der Waals surface area contributed by atoms with E-state index in [1.807, 2.05) is 12.1 Å². The van der Waals surface area contributed by atoms with E-state index in [0.717, 1.165) is 30.9 Å². The van der Waals surface area contributed by atoms with Gasteiger partial charge in [-0.25, -0.2) is 0 Å². The largest absolute Gasteiger partial charge is 0.454 e. The van der Waals surface area contributed by atoms with Gasteiger partial charge in [0.1, 0.15) is 5.78 Å². The molecule has 4 heteroatoms. The van der Waals surface area contributed by atoms with E-state index in [-0.39, 0.29) is 6.04 Å². The molecule has 5 rings (SSSR count). The van der Waals surface area contributed by atoms with Crippen molar-refractivity contribution in [3.8, 4) is 11.5 Å². The summed E-state index contributed by atoms with van der Waals surface area (Å²) in [5.41, 5.74) is 2.54. The van der Waals surface area contributed by atoms with Crippen molar-refractivity contribution >= 4 is 5.78 Å². The van der Waals surface area contributed by atoms with Crippen molar-refractivity contribution in [2.24, 2.45) is 0 Å². The summed E-state index contributed by atoms with van der Waals surface area (Å²) in [6.45, 7) is 1.15. The molecule has 3 aliphatic heterocycles. The van der Waals surface area contributed by atoms with Gasteiger partial charge in [0.25, 0.3) is 0 Å². The molecule has 2 bridgehead atoms. The highest BCUT2D eigenvalue weighted by Gasteiger charge is 2.47. The number of benzene rings is 2. The van der Waals surface area contributed by atoms with Crippen LogP contribution in [0.25, 0.3) is 0 Å². The van der Waals surface area contributed by atoms with Gasteiger partial charge in [0, 0.05) is 24.9 Å². The summed E-state index contributed by atoms with van der Waals surface area (Å²) in [5.74, 6) is 2.44. The zero-order valence-corrected chi connectivity index (χ0v) is 14.1. The Bertz CT molecular complexity index is 804. The second-order valence-electron chi connectivity index (χ2n) is 7.20. The molecule has 128 valence electrons. The van der Waals surface area contributed by atoms with Crippen molar-refractivity contribution in [1.29, 1.82) is 0 Å². The number of carbonyl (C=O) groups excluding carboxylic acids is 1. The number of piperidine rings is 1. The van der Waals surface area contributed by atoms with E-state index >= 15 is 0 Å². The van der Waals surface area contributed by atoms with Gasteiger partial charge >= 0.3 is 0 Å². The molecule has 0 N–H and O–H groups in total. The molecule has 25 heavy (non-hydrogen) atoms. The number of nitrogens with zero attached hydrogens (tertiary/aromatic N) is 1. The Kier molecular flexibility index (Phi) is 3.52. The Morgan fingerprint density at radius 3 is 2.76 bits per heavy atom. The van der Waals surface area contributed by atoms with Crippen LogP contribution < -0.4 is 9.47 Å². The fourth-order valence-corrected chi connectivity index (χ4v) is 4.66. The molecular formula is C21H21NO3. The average Bonchev–Trinajstić information content (AvgIpc) is 3.20. The fourth-order valence-electron chi connectivity index (χ4n) is 4.66. The Balaban J connectivity index is 1.45. The normalized spacial score (nSPS) is 27.7. The lowest BCUT2D eigenvalue weighted by Gasteiger charge is -2.35. The van der Waals surface area contributed by atoms with Crippen LogP contribution in [-0.4, -0.2) is 29.6 Å². The number of carbonyl (C=O) groups is 1. The Morgan fingerprint density at radius 1 is 1.04 bits per heavy atom. The number of rotatable bonds is 3. The first kappa shape index (κ1) is 15.0. The first-order valence-corrected chi connectivity index (χ1v) is 9.01. The highest BCUT2D eigenvalue weighted by molar-refractivity contribution is 5.85. The fraction of sp³-hybridized carbons (Fsp3) is 0.381. The van der Waals surface area contributed by atoms with Gasteiger partial charge in [-0.05, 0) is 36.1 Å². The number of hydrogen-bond acceptors (Lipinski definition) is 4. The maximum atomic E-state index is 12.5. The van der Waals surface area contributed by atoms with E-state index in [0.29, 0.717) is 31.0 Å². The molecule has 2 aromatic carbocycles. The molecule has 0 aromatic heterocycles. The molecule has 0 spiro atoms. The molecule has 3 aliphatic rings. The summed E-state index contributed by atoms with van der Waals surface area (Å²) in [6, 6.07) is 17.2. The van der Waals surface area contributed by atoms with Crippen LogP contribution in [0.3, 0.4) is 0 Å². The maximum absolute atomic E-state index is 12.5. The van der Waals surface area contributed by atoms with E-state index in [1.165, 1.54) is 11.1 Å². The van der Waals surface area contributed by atoms with E-state index in [4.69, 9.17) is 9.47 Å². The Hall–Kier alpha value is -2.33. The molecule has 0 amide bonds. The summed E-state index contributed by atoms with van der Waals surface area (Å²) in [7, 11) is 0. The van der Waals surface area contributed by atoms with Crippen molar-refractivity contribution in [2.75, 3.05) is 6.79 Å². The summed E-state index contributed by atoms with van der Waals surface area (Å²) in [4.78, 5) is 15.0. The molecule has 3 unspecified atom stereocenters. The molecule has 0 saturated carbocycles. The van der Waals surface area contributed by atoms with Crippen molar-refractivity contribution < 1.29 is 14.3 Å². The molecule has 2 aromatic rings. The molecule has 0 aliphatic carbocycles. The molecule has 4 nitrogen and oxygen atoms in total. The maximum Gasteiger partial charge on any atom is 0.231 e. The standard InChI is InChI=1S/C21H21NO3/c23-19-8-7-17-16(15-6-9-20-21(10-15)25-13-24-20)11-18(19)22(17)12-14-4-2-1-3-5-14/h1-6,9-10,16-18H,7-8,11-13H2. The van der Waals surface area contributed by atoms with Crippen molar-refractivity contribution in [1.82, 2.24) is 4.90 Å². The smallest absolute Gasteiger partial charge is 0.231 e. The van der Waals surface area contributed by atoms with E-state index < -0.39 is 0 Å². The van der Waals surface area contributed by atoms with Gasteiger partial charge in [-0.1, -0.05) is 36.4 Å². The first-order chi connectivity index (χ1) is 12.3. The quantitative estimate of drug-likeness (QED) is 0.860. The average molecular weight is 335 g/mol. The predicted molar refractivity (Wildman–Crippen MR) is 93.7 cm³/mol. The van der Waals surface area contributed by atoms with Crippen molar-refractivity contribution in [2.45, 2.75) is 43.8 Å². The lowest BCUT2D eigenvalue weighted by Crippen LogP contribution is -2.45. The lowest BCUT2D eigenvalue weighted by atomic mass is 9.90. The number of fused-ring (bicyclic) bond motifs is 3. The van der Waals surface area contributed by atoms with Crippen LogP contribution in [0, 0.1) is 0 Å². The van der Waals surface area contributed by atoms with Crippen LogP contribution in [0.4, 0.5) is 0 Å². The Morgan fingerprint density at radius 2 is 1.88 bits per heavy atom. The molecular weight excluding hydrogens is 314 g/mol. The number of Topliss-reactive ketones (excluding diaryl/α,β-unsaturated/α-hetero) is 1. The number of ether oxygens (including phenoxy) is 2. The summed E-state index contributed by atoms with van der Waals surface area (Å²) in [6.07, 6.45) is 2.57. The van der Waals surface area contributed by atoms with Crippen LogP contribution in [0.15, 0.2) is 48.5 Å². The minimum Gasteiger partial charge on any atom is -0.454 e. The van der Waals surface area contributed by atoms with E-state index in [9.17, 15) is 4.79 Å². The van der Waals surface area contributed by atoms with Gasteiger partial charge in [-0.3, -0.25) is 9.69 Å². The molecule has 2 fully saturated rings. The molecule has 0 radical (unpaired) electrons. The van der Waals surface area contributed by atoms with Gasteiger partial charge in [0.05, 0.1) is 6.04 Å². The third kappa shape index (κ3) is 2.52. The van der Waals surface area contributed by atoms with Crippen molar-refractivity contribution in [3.05, 3.63) is 59.7 Å². The van der Waals surface area contributed by atoms with Gasteiger partial charge < -0.3 is 9.47 Å². The summed E-state index contributed by atoms with van der Waals surface area (Å²) in [5, 5.41) is 0. The lowest BCUT2D eigenvalue weighted by molar-refractivity contribution is -0.126. The van der Waals surface area contributed by atoms with Gasteiger partial charge in [-0.2, -0.15) is 0 Å². The van der Waals surface area contributed by atoms with Crippen LogP contribution in [0.5, 0.6) is 11.5 Å². The zero-order chi connectivity index (χ0) is 16.8. The minimum absolute atomic E-state index is 0.0504. The van der Waals surface area contributed by atoms with Gasteiger partial charge in [-0.15, -0.1) is 0 Å². The number of hydrogen-bond donors (Lipinski definition) is 0. The monoisotopic (exact) mass is 335 g/mol. The van der Waals surface area contributed by atoms with Crippen LogP contribution in [-0.2, 0) is 11.3 Å². The molecule has 2 saturated heterocycles. The summed E-state index contributed by atoms with van der Waals surface area (Å²) >= 11 is 0. The second-order valence-corrected chi connectivity index (χ2v) is 7.20. The molecule has 3 atom stereocenters. The topological polar surface area (TPSA) is 38.8 Å². The predicted octanol–water partition coefficient (Wildman–Crippen LogP) is 3.50. The minimum atomic E-state index is 0.0504. The third-order valence-corrected chi connectivity index (χ3v) is 5.86. The van der Waals surface area contributed by atoms with E-state index in [1.54, 1.807) is 0 Å².